The third-order valence-corrected chi connectivity index (χ3v) is 31.5. The first-order valence-corrected chi connectivity index (χ1v) is 47.4. The van der Waals surface area contributed by atoms with Crippen molar-refractivity contribution < 1.29 is 0 Å². The molecule has 588 valence electrons. The van der Waals surface area contributed by atoms with Crippen LogP contribution in [0.25, 0.3) is 186 Å². The summed E-state index contributed by atoms with van der Waals surface area (Å²) in [5.74, 6) is 3.34. The Hall–Kier alpha value is -11.2. The first kappa shape index (κ1) is 78.7. The van der Waals surface area contributed by atoms with Gasteiger partial charge in [0.25, 0.3) is 0 Å². The Labute approximate surface area is 726 Å². The minimum Gasteiger partial charge on any atom is -0.135 e. The number of benzene rings is 18. The average Bonchev–Trinajstić information content (AvgIpc) is 1.46. The lowest BCUT2D eigenvalue weighted by atomic mass is 9.93. The summed E-state index contributed by atoms with van der Waals surface area (Å²) in [6.45, 7) is 27.3. The van der Waals surface area contributed by atoms with Crippen LogP contribution < -0.4 is 0 Å². The molecule has 0 fully saturated rings. The molecule has 0 radical (unpaired) electrons. The van der Waals surface area contributed by atoms with Gasteiger partial charge in [-0.2, -0.15) is 0 Å². The maximum Gasteiger partial charge on any atom is 0.0436 e. The molecule has 0 N–H and O–H groups in total. The van der Waals surface area contributed by atoms with Gasteiger partial charge in [0, 0.05) is 121 Å². The van der Waals surface area contributed by atoms with E-state index in [2.05, 4.69) is 411 Å². The predicted molar refractivity (Wildman–Crippen MR) is 546 cm³/mol. The van der Waals surface area contributed by atoms with Crippen LogP contribution >= 0.6 is 68.0 Å². The van der Waals surface area contributed by atoms with Crippen molar-refractivity contribution in [1.82, 2.24) is 0 Å². The van der Waals surface area contributed by atoms with Crippen LogP contribution in [0.5, 0.6) is 0 Å². The van der Waals surface area contributed by atoms with Gasteiger partial charge in [-0.05, 0) is 182 Å². The lowest BCUT2D eigenvalue weighted by Crippen LogP contribution is -1.89. The van der Waals surface area contributed by atoms with Crippen molar-refractivity contribution in [2.75, 3.05) is 0 Å². The molecule has 0 aliphatic heterocycles. The summed E-state index contributed by atoms with van der Waals surface area (Å²) in [5, 5.41) is 33.4. The number of hydrogen-bond acceptors (Lipinski definition) is 6. The summed E-state index contributed by atoms with van der Waals surface area (Å²) < 4.78 is 17.0. The maximum absolute atomic E-state index is 2.40. The highest BCUT2D eigenvalue weighted by Crippen LogP contribution is 2.49. The maximum atomic E-state index is 2.40. The van der Waals surface area contributed by atoms with E-state index in [1.54, 1.807) is 0 Å². The molecule has 0 aliphatic carbocycles. The van der Waals surface area contributed by atoms with Crippen molar-refractivity contribution in [3.63, 3.8) is 0 Å². The summed E-state index contributed by atoms with van der Waals surface area (Å²) in [7, 11) is 0. The van der Waals surface area contributed by atoms with E-state index in [1.165, 1.54) is 219 Å². The molecule has 0 saturated heterocycles. The summed E-state index contributed by atoms with van der Waals surface area (Å²) in [5.41, 5.74) is 8.74. The molecule has 6 heteroatoms. The average molecular weight is 1660 g/mol. The van der Waals surface area contributed by atoms with Crippen molar-refractivity contribution in [1.29, 1.82) is 0 Å². The second kappa shape index (κ2) is 33.1. The van der Waals surface area contributed by atoms with Crippen molar-refractivity contribution >= 4 is 254 Å². The molecule has 6 aromatic heterocycles. The predicted octanol–water partition coefficient (Wildman–Crippen LogP) is 38.0. The minimum atomic E-state index is 0.542. The largest absolute Gasteiger partial charge is 0.135 e. The summed E-state index contributed by atoms with van der Waals surface area (Å²) >= 11 is 11.5. The van der Waals surface area contributed by atoms with Gasteiger partial charge >= 0.3 is 0 Å². The Kier molecular flexibility index (Phi) is 21.7. The summed E-state index contributed by atoms with van der Waals surface area (Å²) in [6, 6.07) is 120. The number of rotatable bonds is 6. The molecule has 120 heavy (non-hydrogen) atoms. The van der Waals surface area contributed by atoms with E-state index in [4.69, 9.17) is 0 Å². The first-order chi connectivity index (χ1) is 58.5. The zero-order valence-electron chi connectivity index (χ0n) is 70.1. The molecule has 0 amide bonds. The fraction of sp³-hybridized carbons (Fsp3) is 0.158. The van der Waals surface area contributed by atoms with Gasteiger partial charge in [0.1, 0.15) is 0 Å². The minimum absolute atomic E-state index is 0.542. The third-order valence-electron chi connectivity index (χ3n) is 24.2. The normalized spacial score (nSPS) is 11.9. The second-order valence-electron chi connectivity index (χ2n) is 33.9. The highest BCUT2D eigenvalue weighted by Gasteiger charge is 2.21. The zero-order valence-corrected chi connectivity index (χ0v) is 75.0. The number of thiophene rings is 6. The van der Waals surface area contributed by atoms with E-state index < -0.39 is 0 Å². The summed E-state index contributed by atoms with van der Waals surface area (Å²) in [4.78, 5) is 0. The molecular formula is C114H96S6. The Morgan fingerprint density at radius 1 is 0.150 bits per heavy atom. The van der Waals surface area contributed by atoms with E-state index in [9.17, 15) is 0 Å². The van der Waals surface area contributed by atoms with Gasteiger partial charge in [-0.15, -0.1) is 68.0 Å². The third kappa shape index (κ3) is 14.4. The molecule has 6 heterocycles. The highest BCUT2D eigenvalue weighted by molar-refractivity contribution is 7.28. The van der Waals surface area contributed by atoms with Gasteiger partial charge in [-0.25, -0.2) is 0 Å². The molecule has 0 saturated carbocycles. The van der Waals surface area contributed by atoms with Crippen molar-refractivity contribution in [2.24, 2.45) is 0 Å². The standard InChI is InChI=1S/6C19H16S/c1-12(2)16-11-17-14-8-5-6-10-18(14)20-19(17)15-9-4-3-7-13(15)16;1-12(2)16-11-18-19(14-8-4-3-7-13(14)16)15-9-5-6-10-17(15)20-18;1-12(2)16-11-13-7-3-4-8-14(13)19-18(16)15-9-5-6-10-17(15)20-19;1-12(2)16-11-13-7-3-4-8-14(13)18-15-9-5-6-10-17(15)20-19(16)18;1-12(2)14-8-5-9-16-17-11-10-13-6-3-4-7-15(13)19(17)20-18(14)16;1-12(2)14-8-9-16-17-10-7-13-5-3-4-6-15(13)19(17)20-18(16)11-14/h6*3-12H,1-2H3. The molecule has 0 unspecified atom stereocenters. The Morgan fingerprint density at radius 2 is 0.508 bits per heavy atom. The van der Waals surface area contributed by atoms with Crippen molar-refractivity contribution in [3.8, 4) is 0 Å². The van der Waals surface area contributed by atoms with Crippen molar-refractivity contribution in [3.05, 3.63) is 361 Å². The quantitative estimate of drug-likeness (QED) is 0.156. The van der Waals surface area contributed by atoms with Crippen LogP contribution in [-0.4, -0.2) is 0 Å². The monoisotopic (exact) mass is 1660 g/mol. The first-order valence-electron chi connectivity index (χ1n) is 42.5. The van der Waals surface area contributed by atoms with Gasteiger partial charge in [0.2, 0.25) is 0 Å². The van der Waals surface area contributed by atoms with Crippen LogP contribution in [0.1, 0.15) is 152 Å². The molecule has 0 nitrogen and oxygen atoms in total. The van der Waals surface area contributed by atoms with Crippen LogP contribution in [0.4, 0.5) is 0 Å². The van der Waals surface area contributed by atoms with Crippen LogP contribution in [0.15, 0.2) is 328 Å². The van der Waals surface area contributed by atoms with Gasteiger partial charge in [-0.3, -0.25) is 0 Å². The molecule has 0 atom stereocenters. The Morgan fingerprint density at radius 3 is 1.09 bits per heavy atom. The van der Waals surface area contributed by atoms with E-state index in [0.29, 0.717) is 35.5 Å². The lowest BCUT2D eigenvalue weighted by Gasteiger charge is -2.11. The van der Waals surface area contributed by atoms with E-state index in [-0.39, 0.29) is 0 Å². The van der Waals surface area contributed by atoms with Crippen LogP contribution in [0.2, 0.25) is 0 Å². The lowest BCUT2D eigenvalue weighted by molar-refractivity contribution is 0.869. The van der Waals surface area contributed by atoms with Crippen molar-refractivity contribution in [2.45, 2.75) is 119 Å². The van der Waals surface area contributed by atoms with Gasteiger partial charge in [0.15, 0.2) is 0 Å². The molecule has 18 aromatic carbocycles. The molecule has 0 spiro atoms. The molecule has 0 bridgehead atoms. The fourth-order valence-corrected chi connectivity index (χ4v) is 25.9. The fourth-order valence-electron chi connectivity index (χ4n) is 18.1. The molecule has 0 aliphatic rings. The number of fused-ring (bicyclic) bond motifs is 30. The van der Waals surface area contributed by atoms with Crippen LogP contribution in [-0.2, 0) is 0 Å². The van der Waals surface area contributed by atoms with Crippen LogP contribution in [0.3, 0.4) is 0 Å². The smallest absolute Gasteiger partial charge is 0.0436 e. The van der Waals surface area contributed by atoms with Gasteiger partial charge in [0.05, 0.1) is 0 Å². The van der Waals surface area contributed by atoms with E-state index >= 15 is 0 Å². The van der Waals surface area contributed by atoms with Crippen LogP contribution in [0, 0.1) is 0 Å². The van der Waals surface area contributed by atoms with E-state index in [0.717, 1.165) is 0 Å². The second-order valence-corrected chi connectivity index (χ2v) is 40.2. The highest BCUT2D eigenvalue weighted by atomic mass is 32.1. The van der Waals surface area contributed by atoms with Gasteiger partial charge < -0.3 is 0 Å². The van der Waals surface area contributed by atoms with E-state index in [1.807, 2.05) is 68.0 Å². The summed E-state index contributed by atoms with van der Waals surface area (Å²) in [6.07, 6.45) is 0. The van der Waals surface area contributed by atoms with Gasteiger partial charge in [-0.1, -0.05) is 362 Å². The molecular weight excluding hydrogens is 1560 g/mol. The SMILES string of the molecule is CC(C)c1cc2c3ccccc3sc2c2ccccc12.CC(C)c1cc2ccccc2c2c1sc1ccccc12.CC(C)c1cc2ccccc2c2sc3ccccc3c12.CC(C)c1cc2sc3ccccc3c2c2ccccc12.CC(C)c1ccc2c(c1)sc1c3ccccc3ccc21.CC(C)c1cccc2c1sc1c3ccccc3ccc21. The zero-order chi connectivity index (χ0) is 82.1. The Bertz CT molecular complexity index is 8000. The Balaban J connectivity index is 0.0000000952. The number of hydrogen-bond donors (Lipinski definition) is 0. The topological polar surface area (TPSA) is 0 Å². The molecule has 24 rings (SSSR count). The molecule has 24 aromatic rings.